The van der Waals surface area contributed by atoms with Crippen LogP contribution in [0.25, 0.3) is 0 Å². The summed E-state index contributed by atoms with van der Waals surface area (Å²) in [6.07, 6.45) is 1.05. The molecule has 0 aromatic heterocycles. The fraction of sp³-hybridized carbons (Fsp3) is 0.211. The molecule has 0 heterocycles. The number of ether oxygens (including phenoxy) is 1. The van der Waals surface area contributed by atoms with Gasteiger partial charge in [-0.1, -0.05) is 6.07 Å². The number of nitro benzene ring substituents is 1. The van der Waals surface area contributed by atoms with E-state index in [0.29, 0.717) is 5.69 Å². The summed E-state index contributed by atoms with van der Waals surface area (Å²) in [7, 11) is -3.37. The molecule has 0 aliphatic carbocycles. The van der Waals surface area contributed by atoms with Crippen LogP contribution in [0.5, 0.6) is 0 Å². The van der Waals surface area contributed by atoms with Crippen molar-refractivity contribution in [2.45, 2.75) is 17.9 Å². The highest BCUT2D eigenvalue weighted by Gasteiger charge is 2.20. The summed E-state index contributed by atoms with van der Waals surface area (Å²) < 4.78 is 27.7. The van der Waals surface area contributed by atoms with Gasteiger partial charge in [0, 0.05) is 29.6 Å². The van der Waals surface area contributed by atoms with Crippen molar-refractivity contribution in [2.24, 2.45) is 0 Å². The molecule has 11 nitrogen and oxygen atoms in total. The molecule has 0 bridgehead atoms. The number of esters is 1. The highest BCUT2D eigenvalue weighted by atomic mass is 32.2. The molecule has 0 saturated carbocycles. The van der Waals surface area contributed by atoms with Crippen LogP contribution in [0.1, 0.15) is 17.3 Å². The lowest BCUT2D eigenvalue weighted by Gasteiger charge is -2.13. The zero-order valence-electron chi connectivity index (χ0n) is 16.5. The zero-order chi connectivity index (χ0) is 23.2. The molecule has 0 spiro atoms. The van der Waals surface area contributed by atoms with Gasteiger partial charge in [-0.3, -0.25) is 19.7 Å². The van der Waals surface area contributed by atoms with Gasteiger partial charge in [-0.2, -0.15) is 0 Å². The van der Waals surface area contributed by atoms with Crippen LogP contribution in [0.4, 0.5) is 11.4 Å². The highest BCUT2D eigenvalue weighted by molar-refractivity contribution is 7.90. The summed E-state index contributed by atoms with van der Waals surface area (Å²) in [5, 5.41) is 15.5. The lowest BCUT2D eigenvalue weighted by atomic mass is 10.2. The van der Waals surface area contributed by atoms with Crippen molar-refractivity contribution < 1.29 is 32.5 Å². The summed E-state index contributed by atoms with van der Waals surface area (Å²) in [4.78, 5) is 46.3. The highest BCUT2D eigenvalue weighted by Crippen LogP contribution is 2.14. The number of nitrogens with one attached hydrogen (secondary N) is 2. The van der Waals surface area contributed by atoms with E-state index in [-0.39, 0.29) is 16.1 Å². The van der Waals surface area contributed by atoms with Crippen LogP contribution in [0.2, 0.25) is 0 Å². The Morgan fingerprint density at radius 3 is 2.35 bits per heavy atom. The molecule has 0 fully saturated rings. The molecule has 31 heavy (non-hydrogen) atoms. The Morgan fingerprint density at radius 1 is 1.13 bits per heavy atom. The Hall–Kier alpha value is -3.80. The third-order valence-electron chi connectivity index (χ3n) is 3.93. The van der Waals surface area contributed by atoms with Crippen LogP contribution in [-0.4, -0.2) is 50.0 Å². The number of benzene rings is 2. The van der Waals surface area contributed by atoms with Crippen molar-refractivity contribution in [1.82, 2.24) is 5.32 Å². The molecular formula is C19H19N3O8S. The summed E-state index contributed by atoms with van der Waals surface area (Å²) in [6.45, 7) is 0.698. The van der Waals surface area contributed by atoms with E-state index in [1.807, 2.05) is 0 Å². The van der Waals surface area contributed by atoms with E-state index in [4.69, 9.17) is 4.74 Å². The summed E-state index contributed by atoms with van der Waals surface area (Å²) >= 11 is 0. The molecule has 0 radical (unpaired) electrons. The normalized spacial score (nSPS) is 11.8. The summed E-state index contributed by atoms with van der Waals surface area (Å²) in [5.74, 6) is -2.28. The van der Waals surface area contributed by atoms with Crippen LogP contribution in [0, 0.1) is 10.1 Å². The van der Waals surface area contributed by atoms with Crippen LogP contribution >= 0.6 is 0 Å². The van der Waals surface area contributed by atoms with Crippen molar-refractivity contribution in [3.63, 3.8) is 0 Å². The Balaban J connectivity index is 1.86. The second kappa shape index (κ2) is 9.80. The van der Waals surface area contributed by atoms with Crippen LogP contribution in [-0.2, 0) is 24.2 Å². The Kier molecular flexibility index (Phi) is 7.42. The molecule has 164 valence electrons. The number of sulfone groups is 1. The van der Waals surface area contributed by atoms with E-state index in [9.17, 15) is 32.9 Å². The van der Waals surface area contributed by atoms with Gasteiger partial charge in [-0.25, -0.2) is 13.2 Å². The molecule has 2 aromatic rings. The minimum atomic E-state index is -3.37. The fourth-order valence-corrected chi connectivity index (χ4v) is 2.97. The topological polar surface area (TPSA) is 162 Å². The van der Waals surface area contributed by atoms with Gasteiger partial charge in [0.2, 0.25) is 0 Å². The number of carbonyl (C=O) groups is 3. The van der Waals surface area contributed by atoms with Gasteiger partial charge in [-0.05, 0) is 37.3 Å². The van der Waals surface area contributed by atoms with E-state index in [0.717, 1.165) is 12.3 Å². The predicted molar refractivity (Wildman–Crippen MR) is 109 cm³/mol. The second-order valence-corrected chi connectivity index (χ2v) is 8.47. The Bertz CT molecular complexity index is 1110. The van der Waals surface area contributed by atoms with Crippen molar-refractivity contribution in [3.8, 4) is 0 Å². The van der Waals surface area contributed by atoms with Gasteiger partial charge in [0.15, 0.2) is 16.4 Å². The molecule has 1 atom stereocenters. The number of hydrogen-bond acceptors (Lipinski definition) is 8. The molecule has 0 unspecified atom stereocenters. The predicted octanol–water partition coefficient (Wildman–Crippen LogP) is 1.30. The average molecular weight is 449 g/mol. The van der Waals surface area contributed by atoms with Crippen LogP contribution < -0.4 is 10.6 Å². The molecule has 0 aliphatic rings. The standard InChI is InChI=1S/C19H19N3O8S/c1-12(20-18(24)13-4-3-5-15(10-13)22(26)27)19(25)30-11-17(23)21-14-6-8-16(9-7-14)31(2,28)29/h3-10,12H,11H2,1-2H3,(H,20,24)(H,21,23)/t12-/m0/s1. The van der Waals surface area contributed by atoms with Crippen LogP contribution in [0.15, 0.2) is 53.4 Å². The molecule has 2 aromatic carbocycles. The molecule has 12 heteroatoms. The van der Waals surface area contributed by atoms with Crippen molar-refractivity contribution >= 4 is 39.0 Å². The average Bonchev–Trinajstić information content (AvgIpc) is 2.71. The monoisotopic (exact) mass is 449 g/mol. The lowest BCUT2D eigenvalue weighted by molar-refractivity contribution is -0.384. The number of hydrogen-bond donors (Lipinski definition) is 2. The third-order valence-corrected chi connectivity index (χ3v) is 5.06. The van der Waals surface area contributed by atoms with Crippen molar-refractivity contribution in [3.05, 3.63) is 64.2 Å². The van der Waals surface area contributed by atoms with Gasteiger partial charge in [-0.15, -0.1) is 0 Å². The maximum Gasteiger partial charge on any atom is 0.328 e. The lowest BCUT2D eigenvalue weighted by Crippen LogP contribution is -2.40. The number of carbonyl (C=O) groups excluding carboxylic acids is 3. The van der Waals surface area contributed by atoms with E-state index in [2.05, 4.69) is 10.6 Å². The van der Waals surface area contributed by atoms with Gasteiger partial charge in [0.25, 0.3) is 17.5 Å². The molecule has 2 rings (SSSR count). The minimum absolute atomic E-state index is 0.0101. The molecule has 2 amide bonds. The number of nitro groups is 1. The van der Waals surface area contributed by atoms with Gasteiger partial charge in [0.05, 0.1) is 9.82 Å². The molecule has 2 N–H and O–H groups in total. The number of rotatable bonds is 8. The van der Waals surface area contributed by atoms with Gasteiger partial charge >= 0.3 is 5.97 Å². The van der Waals surface area contributed by atoms with Gasteiger partial charge in [0.1, 0.15) is 6.04 Å². The molecular weight excluding hydrogens is 430 g/mol. The van der Waals surface area contributed by atoms with E-state index in [1.54, 1.807) is 0 Å². The number of non-ortho nitro benzene ring substituents is 1. The number of amides is 2. The van der Waals surface area contributed by atoms with Crippen molar-refractivity contribution in [1.29, 1.82) is 0 Å². The Morgan fingerprint density at radius 2 is 1.77 bits per heavy atom. The minimum Gasteiger partial charge on any atom is -0.454 e. The first-order chi connectivity index (χ1) is 14.5. The smallest absolute Gasteiger partial charge is 0.328 e. The first-order valence-corrected chi connectivity index (χ1v) is 10.7. The van der Waals surface area contributed by atoms with Crippen molar-refractivity contribution in [2.75, 3.05) is 18.2 Å². The largest absolute Gasteiger partial charge is 0.454 e. The second-order valence-electron chi connectivity index (χ2n) is 6.46. The van der Waals surface area contributed by atoms with Gasteiger partial charge < -0.3 is 15.4 Å². The Labute approximate surface area is 177 Å². The van der Waals surface area contributed by atoms with E-state index >= 15 is 0 Å². The summed E-state index contributed by atoms with van der Waals surface area (Å²) in [5.41, 5.74) is 0.0220. The van der Waals surface area contributed by atoms with Crippen LogP contribution in [0.3, 0.4) is 0 Å². The first-order valence-electron chi connectivity index (χ1n) is 8.79. The SMILES string of the molecule is C[C@H](NC(=O)c1cccc([N+](=O)[O-])c1)C(=O)OCC(=O)Nc1ccc(S(C)(=O)=O)cc1. The first kappa shape index (κ1) is 23.5. The quantitative estimate of drug-likeness (QED) is 0.346. The molecule has 0 saturated heterocycles. The molecule has 0 aliphatic heterocycles. The zero-order valence-corrected chi connectivity index (χ0v) is 17.3. The fourth-order valence-electron chi connectivity index (χ4n) is 2.34. The number of anilines is 1. The summed E-state index contributed by atoms with van der Waals surface area (Å²) in [6, 6.07) is 9.28. The third kappa shape index (κ3) is 6.89. The maximum absolute atomic E-state index is 12.1. The number of nitrogens with zero attached hydrogens (tertiary/aromatic N) is 1. The maximum atomic E-state index is 12.1. The van der Waals surface area contributed by atoms with E-state index in [1.165, 1.54) is 49.4 Å². The van der Waals surface area contributed by atoms with E-state index < -0.39 is 45.2 Å².